The van der Waals surface area contributed by atoms with E-state index in [2.05, 4.69) is 27.0 Å². The summed E-state index contributed by atoms with van der Waals surface area (Å²) in [6.45, 7) is 13.1. The second kappa shape index (κ2) is 11.4. The van der Waals surface area contributed by atoms with Gasteiger partial charge in [0.1, 0.15) is 0 Å². The second-order valence-corrected chi connectivity index (χ2v) is 6.50. The third kappa shape index (κ3) is 7.11. The summed E-state index contributed by atoms with van der Waals surface area (Å²) in [5.74, 6) is 1.95. The number of aliphatic hydroxyl groups excluding tert-OH is 1. The number of ether oxygens (including phenoxy) is 1. The zero-order valence-corrected chi connectivity index (χ0v) is 16.9. The Bertz CT molecular complexity index is 351. The van der Waals surface area contributed by atoms with Crippen LogP contribution in [0.25, 0.3) is 0 Å². The van der Waals surface area contributed by atoms with E-state index in [1.54, 1.807) is 0 Å². The van der Waals surface area contributed by atoms with Gasteiger partial charge in [-0.05, 0) is 25.2 Å². The van der Waals surface area contributed by atoms with Crippen molar-refractivity contribution in [1.82, 2.24) is 15.1 Å². The van der Waals surface area contributed by atoms with Gasteiger partial charge >= 0.3 is 0 Å². The zero-order valence-electron chi connectivity index (χ0n) is 14.5. The van der Waals surface area contributed by atoms with Gasteiger partial charge in [0.2, 0.25) is 0 Å². The Morgan fingerprint density at radius 1 is 1.35 bits per heavy atom. The van der Waals surface area contributed by atoms with E-state index in [0.29, 0.717) is 6.54 Å². The van der Waals surface area contributed by atoms with Crippen LogP contribution >= 0.6 is 24.0 Å². The molecule has 2 atom stereocenters. The van der Waals surface area contributed by atoms with Crippen molar-refractivity contribution < 1.29 is 9.84 Å². The molecule has 2 aliphatic rings. The van der Waals surface area contributed by atoms with E-state index in [0.717, 1.165) is 57.8 Å². The minimum atomic E-state index is 0. The van der Waals surface area contributed by atoms with Crippen molar-refractivity contribution in [2.75, 3.05) is 65.6 Å². The van der Waals surface area contributed by atoms with Gasteiger partial charge in [-0.3, -0.25) is 9.89 Å². The smallest absolute Gasteiger partial charge is 0.193 e. The average Bonchev–Trinajstić information content (AvgIpc) is 3.00. The highest BCUT2D eigenvalue weighted by atomic mass is 127. The summed E-state index contributed by atoms with van der Waals surface area (Å²) in [4.78, 5) is 9.58. The summed E-state index contributed by atoms with van der Waals surface area (Å²) in [5.41, 5.74) is 0. The fraction of sp³-hybridized carbons (Fsp3) is 0.938. The Morgan fingerprint density at radius 2 is 2.09 bits per heavy atom. The fourth-order valence-corrected chi connectivity index (χ4v) is 3.05. The third-order valence-corrected chi connectivity index (χ3v) is 4.40. The highest BCUT2D eigenvalue weighted by Gasteiger charge is 2.27. The van der Waals surface area contributed by atoms with Crippen LogP contribution in [0.2, 0.25) is 0 Å². The molecule has 2 fully saturated rings. The number of guanidine groups is 1. The van der Waals surface area contributed by atoms with Crippen molar-refractivity contribution in [3.05, 3.63) is 0 Å². The monoisotopic (exact) mass is 440 g/mol. The Hall–Kier alpha value is -0.120. The summed E-state index contributed by atoms with van der Waals surface area (Å²) in [6.07, 6.45) is 1.23. The maximum absolute atomic E-state index is 9.15. The number of morpholine rings is 1. The number of hydrogen-bond acceptors (Lipinski definition) is 4. The minimum absolute atomic E-state index is 0. The van der Waals surface area contributed by atoms with E-state index in [1.165, 1.54) is 13.0 Å². The first-order valence-corrected chi connectivity index (χ1v) is 8.67. The average molecular weight is 440 g/mol. The molecule has 0 aromatic heterocycles. The molecule has 7 heteroatoms. The van der Waals surface area contributed by atoms with Crippen LogP contribution in [-0.2, 0) is 4.74 Å². The maximum atomic E-state index is 9.15. The molecule has 23 heavy (non-hydrogen) atoms. The van der Waals surface area contributed by atoms with Gasteiger partial charge in [-0.1, -0.05) is 6.92 Å². The Kier molecular flexibility index (Phi) is 10.4. The molecule has 0 radical (unpaired) electrons. The van der Waals surface area contributed by atoms with E-state index >= 15 is 0 Å². The summed E-state index contributed by atoms with van der Waals surface area (Å²) in [7, 11) is 0. The number of rotatable bonds is 6. The van der Waals surface area contributed by atoms with Crippen molar-refractivity contribution in [3.63, 3.8) is 0 Å². The molecule has 2 N–H and O–H groups in total. The normalized spacial score (nSPS) is 24.4. The van der Waals surface area contributed by atoms with Crippen molar-refractivity contribution in [2.24, 2.45) is 16.8 Å². The van der Waals surface area contributed by atoms with Gasteiger partial charge in [0.05, 0.1) is 13.2 Å². The number of hydrogen-bond donors (Lipinski definition) is 2. The van der Waals surface area contributed by atoms with Gasteiger partial charge in [-0.2, -0.15) is 0 Å². The topological polar surface area (TPSA) is 60.3 Å². The van der Waals surface area contributed by atoms with Crippen molar-refractivity contribution in [2.45, 2.75) is 20.3 Å². The molecule has 0 saturated carbocycles. The highest BCUT2D eigenvalue weighted by Crippen LogP contribution is 2.18. The Morgan fingerprint density at radius 3 is 2.74 bits per heavy atom. The quantitative estimate of drug-likeness (QED) is 0.365. The number of likely N-dealkylation sites (tertiary alicyclic amines) is 1. The SMILES string of the molecule is CCNC(=NCC(C)CO)N1CCC(CN2CCOCC2)C1.I. The largest absolute Gasteiger partial charge is 0.396 e. The number of halogens is 1. The summed E-state index contributed by atoms with van der Waals surface area (Å²) in [6, 6.07) is 0. The lowest BCUT2D eigenvalue weighted by molar-refractivity contribution is 0.0315. The van der Waals surface area contributed by atoms with Crippen LogP contribution in [-0.4, -0.2) is 86.5 Å². The first kappa shape index (κ1) is 20.9. The number of aliphatic hydroxyl groups is 1. The van der Waals surface area contributed by atoms with Crippen LogP contribution in [0, 0.1) is 11.8 Å². The van der Waals surface area contributed by atoms with Gasteiger partial charge in [-0.15, -0.1) is 24.0 Å². The summed E-state index contributed by atoms with van der Waals surface area (Å²) < 4.78 is 5.42. The molecule has 2 saturated heterocycles. The molecular weight excluding hydrogens is 407 g/mol. The lowest BCUT2D eigenvalue weighted by atomic mass is 10.1. The van der Waals surface area contributed by atoms with Crippen LogP contribution in [0.1, 0.15) is 20.3 Å². The van der Waals surface area contributed by atoms with Crippen LogP contribution in [0.4, 0.5) is 0 Å². The molecule has 6 nitrogen and oxygen atoms in total. The van der Waals surface area contributed by atoms with Crippen LogP contribution in [0.3, 0.4) is 0 Å². The van der Waals surface area contributed by atoms with E-state index in [-0.39, 0.29) is 36.5 Å². The van der Waals surface area contributed by atoms with Gasteiger partial charge in [-0.25, -0.2) is 0 Å². The second-order valence-electron chi connectivity index (χ2n) is 6.50. The van der Waals surface area contributed by atoms with Crippen LogP contribution < -0.4 is 5.32 Å². The molecular formula is C16H33IN4O2. The number of aliphatic imine (C=N–C) groups is 1. The van der Waals surface area contributed by atoms with E-state index < -0.39 is 0 Å². The molecule has 2 heterocycles. The molecule has 2 unspecified atom stereocenters. The lowest BCUT2D eigenvalue weighted by Crippen LogP contribution is -2.42. The van der Waals surface area contributed by atoms with Crippen LogP contribution in [0.15, 0.2) is 4.99 Å². The zero-order chi connectivity index (χ0) is 15.8. The minimum Gasteiger partial charge on any atom is -0.396 e. The van der Waals surface area contributed by atoms with Gasteiger partial charge in [0.25, 0.3) is 0 Å². The Balaban J connectivity index is 0.00000264. The summed E-state index contributed by atoms with van der Waals surface area (Å²) >= 11 is 0. The fourth-order valence-electron chi connectivity index (χ4n) is 3.05. The molecule has 0 aromatic carbocycles. The summed E-state index contributed by atoms with van der Waals surface area (Å²) in [5, 5.41) is 12.5. The van der Waals surface area contributed by atoms with Gasteiger partial charge < -0.3 is 20.1 Å². The molecule has 136 valence electrons. The third-order valence-electron chi connectivity index (χ3n) is 4.40. The number of nitrogens with one attached hydrogen (secondary N) is 1. The Labute approximate surface area is 157 Å². The molecule has 0 amide bonds. The molecule has 0 bridgehead atoms. The van der Waals surface area contributed by atoms with E-state index in [9.17, 15) is 0 Å². The van der Waals surface area contributed by atoms with Crippen molar-refractivity contribution in [1.29, 1.82) is 0 Å². The predicted octanol–water partition coefficient (Wildman–Crippen LogP) is 0.852. The first-order valence-electron chi connectivity index (χ1n) is 8.67. The van der Waals surface area contributed by atoms with E-state index in [4.69, 9.17) is 9.84 Å². The molecule has 0 spiro atoms. The standard InChI is InChI=1S/C16H32N4O2.HI/c1-3-17-16(18-10-14(2)13-21)20-5-4-15(12-20)11-19-6-8-22-9-7-19;/h14-15,21H,3-13H2,1-2H3,(H,17,18);1H. The molecule has 2 aliphatic heterocycles. The number of nitrogens with zero attached hydrogens (tertiary/aromatic N) is 3. The van der Waals surface area contributed by atoms with E-state index in [1.807, 2.05) is 6.92 Å². The first-order chi connectivity index (χ1) is 10.7. The molecule has 2 rings (SSSR count). The van der Waals surface area contributed by atoms with Crippen molar-refractivity contribution in [3.8, 4) is 0 Å². The highest BCUT2D eigenvalue weighted by molar-refractivity contribution is 14.0. The van der Waals surface area contributed by atoms with Crippen molar-refractivity contribution >= 4 is 29.9 Å². The van der Waals surface area contributed by atoms with Gasteiger partial charge in [0, 0.05) is 52.4 Å². The van der Waals surface area contributed by atoms with Crippen LogP contribution in [0.5, 0.6) is 0 Å². The lowest BCUT2D eigenvalue weighted by Gasteiger charge is -2.29. The maximum Gasteiger partial charge on any atom is 0.193 e. The van der Waals surface area contributed by atoms with Gasteiger partial charge in [0.15, 0.2) is 5.96 Å². The molecule has 0 aliphatic carbocycles. The molecule has 0 aromatic rings. The predicted molar refractivity (Wildman–Crippen MR) is 105 cm³/mol.